The number of likely N-dealkylation sites (N-methyl/N-ethyl adjacent to an activating group) is 1. The molecule has 0 aromatic heterocycles. The van der Waals surface area contributed by atoms with Gasteiger partial charge in [0.1, 0.15) is 18.2 Å². The minimum absolute atomic E-state index is 0.0305. The Hall–Kier alpha value is -3.40. The molecular weight excluding hydrogens is 570 g/mol. The van der Waals surface area contributed by atoms with Crippen molar-refractivity contribution in [3.05, 3.63) is 35.4 Å². The molecule has 2 amide bonds. The molecule has 0 fully saturated rings. The van der Waals surface area contributed by atoms with Crippen molar-refractivity contribution in [1.82, 2.24) is 25.4 Å². The molecule has 1 aromatic rings. The fourth-order valence-electron chi connectivity index (χ4n) is 5.22. The summed E-state index contributed by atoms with van der Waals surface area (Å²) >= 11 is 0. The van der Waals surface area contributed by atoms with Crippen LogP contribution >= 0.6 is 0 Å². The largest absolute Gasteiger partial charge is 0.444 e. The van der Waals surface area contributed by atoms with Crippen LogP contribution in [0, 0.1) is 11.3 Å². The number of unbranched alkanes of at least 4 members (excludes halogenated alkanes) is 2. The van der Waals surface area contributed by atoms with Crippen molar-refractivity contribution in [2.45, 2.75) is 111 Å². The molecule has 0 heterocycles. The number of amides is 2. The minimum Gasteiger partial charge on any atom is -0.444 e. The lowest BCUT2D eigenvalue weighted by molar-refractivity contribution is -0.133. The quantitative estimate of drug-likeness (QED) is 0.0580. The SMILES string of the molecule is CCCC[C@@H](CN(CCC)CC(NC(=O)OC(C)(C)C)C(=O)N(CC#N)CCCC)N(C)C(C)c1ccc(/C(=N/N)NN)cc1. The van der Waals surface area contributed by atoms with E-state index < -0.39 is 17.7 Å². The van der Waals surface area contributed by atoms with Gasteiger partial charge in [0, 0.05) is 37.3 Å². The molecule has 12 nitrogen and oxygen atoms in total. The van der Waals surface area contributed by atoms with Crippen molar-refractivity contribution in [1.29, 1.82) is 5.26 Å². The van der Waals surface area contributed by atoms with Gasteiger partial charge in [0.15, 0.2) is 5.84 Å². The monoisotopic (exact) mass is 629 g/mol. The molecule has 2 unspecified atom stereocenters. The zero-order chi connectivity index (χ0) is 34.0. The van der Waals surface area contributed by atoms with E-state index in [4.69, 9.17) is 16.4 Å². The average molecular weight is 630 g/mol. The van der Waals surface area contributed by atoms with Crippen LogP contribution in [0.3, 0.4) is 0 Å². The number of nitrogens with zero attached hydrogens (tertiary/aromatic N) is 5. The smallest absolute Gasteiger partial charge is 0.408 e. The second kappa shape index (κ2) is 20.6. The van der Waals surface area contributed by atoms with Crippen LogP contribution in [0.2, 0.25) is 0 Å². The number of hydrazine groups is 1. The molecule has 1 aromatic carbocycles. The van der Waals surface area contributed by atoms with Crippen LogP contribution in [-0.2, 0) is 9.53 Å². The Balaban J connectivity index is 3.31. The van der Waals surface area contributed by atoms with E-state index in [1.807, 2.05) is 19.1 Å². The summed E-state index contributed by atoms with van der Waals surface area (Å²) in [5, 5.41) is 16.0. The number of amidine groups is 1. The van der Waals surface area contributed by atoms with Crippen molar-refractivity contribution >= 4 is 17.8 Å². The van der Waals surface area contributed by atoms with E-state index in [0.29, 0.717) is 25.5 Å². The number of carbonyl (C=O) groups is 2. The maximum Gasteiger partial charge on any atom is 0.408 e. The van der Waals surface area contributed by atoms with E-state index in [1.165, 1.54) is 0 Å². The topological polar surface area (TPSA) is 165 Å². The lowest BCUT2D eigenvalue weighted by atomic mass is 10.0. The lowest BCUT2D eigenvalue weighted by Crippen LogP contribution is -2.56. The molecule has 0 bridgehead atoms. The van der Waals surface area contributed by atoms with Crippen molar-refractivity contribution < 1.29 is 14.3 Å². The maximum absolute atomic E-state index is 13.8. The standard InChI is InChI=1S/C33H59N9O3/c1-9-12-14-28(40(8)25(4)26-15-17-27(18-16-26)30(38-35)39-36)23-41(20-11-3)24-29(37-32(44)45-33(5,6)7)31(43)42(22-19-34)21-13-10-2/h15-18,25,28-29H,9-14,20-24,35-36H2,1-8H3,(H,37,44)(H,38,39)/t25?,28-,29?/m0/s1. The second-order valence-electron chi connectivity index (χ2n) is 12.6. The number of hydrogen-bond donors (Lipinski definition) is 4. The predicted octanol–water partition coefficient (Wildman–Crippen LogP) is 4.08. The summed E-state index contributed by atoms with van der Waals surface area (Å²) in [5.74, 6) is 11.1. The number of hydrazone groups is 1. The van der Waals surface area contributed by atoms with E-state index in [0.717, 1.165) is 56.2 Å². The first-order valence-electron chi connectivity index (χ1n) is 16.3. The Labute approximate surface area is 271 Å². The third-order valence-corrected chi connectivity index (χ3v) is 7.80. The summed E-state index contributed by atoms with van der Waals surface area (Å²) < 4.78 is 5.53. The van der Waals surface area contributed by atoms with Gasteiger partial charge in [-0.3, -0.25) is 14.6 Å². The first-order valence-corrected chi connectivity index (χ1v) is 16.3. The summed E-state index contributed by atoms with van der Waals surface area (Å²) in [6.45, 7) is 16.1. The zero-order valence-electron chi connectivity index (χ0n) is 28.9. The van der Waals surface area contributed by atoms with Gasteiger partial charge < -0.3 is 26.2 Å². The molecule has 0 saturated carbocycles. The highest BCUT2D eigenvalue weighted by Crippen LogP contribution is 2.24. The van der Waals surface area contributed by atoms with Crippen LogP contribution < -0.4 is 22.4 Å². The van der Waals surface area contributed by atoms with Crippen molar-refractivity contribution in [3.63, 3.8) is 0 Å². The van der Waals surface area contributed by atoms with Crippen LogP contribution in [0.25, 0.3) is 0 Å². The molecule has 0 radical (unpaired) electrons. The van der Waals surface area contributed by atoms with Crippen molar-refractivity contribution in [2.24, 2.45) is 16.8 Å². The number of benzene rings is 1. The number of ether oxygens (including phenoxy) is 1. The van der Waals surface area contributed by atoms with Crippen molar-refractivity contribution in [2.75, 3.05) is 39.8 Å². The number of nitrogens with two attached hydrogens (primary N) is 2. The Morgan fingerprint density at radius 1 is 1.04 bits per heavy atom. The van der Waals surface area contributed by atoms with Gasteiger partial charge in [0.2, 0.25) is 5.91 Å². The molecular formula is C33H59N9O3. The number of alkyl carbamates (subject to hydrolysis) is 1. The number of nitrogens with one attached hydrogen (secondary N) is 2. The summed E-state index contributed by atoms with van der Waals surface area (Å²) in [6, 6.07) is 9.55. The number of hydrogen-bond acceptors (Lipinski definition) is 9. The fraction of sp³-hybridized carbons (Fsp3) is 0.697. The first kappa shape index (κ1) is 39.6. The molecule has 0 aliphatic carbocycles. The van der Waals surface area contributed by atoms with Crippen molar-refractivity contribution in [3.8, 4) is 6.07 Å². The van der Waals surface area contributed by atoms with E-state index in [1.54, 1.807) is 25.7 Å². The summed E-state index contributed by atoms with van der Waals surface area (Å²) in [7, 11) is 2.14. The Kier molecular flexibility index (Phi) is 18.1. The van der Waals surface area contributed by atoms with E-state index in [9.17, 15) is 14.9 Å². The van der Waals surface area contributed by atoms with Gasteiger partial charge in [0.05, 0.1) is 6.07 Å². The minimum atomic E-state index is -0.853. The second-order valence-corrected chi connectivity index (χ2v) is 12.6. The third-order valence-electron chi connectivity index (χ3n) is 7.80. The number of carbonyl (C=O) groups excluding carboxylic acids is 2. The maximum atomic E-state index is 13.8. The molecule has 3 atom stereocenters. The molecule has 0 aliphatic rings. The molecule has 45 heavy (non-hydrogen) atoms. The predicted molar refractivity (Wildman–Crippen MR) is 181 cm³/mol. The van der Waals surface area contributed by atoms with Crippen LogP contribution in [0.1, 0.15) is 104 Å². The third kappa shape index (κ3) is 14.1. The summed E-state index contributed by atoms with van der Waals surface area (Å²) in [5.41, 5.74) is 3.74. The highest BCUT2D eigenvalue weighted by Gasteiger charge is 2.31. The van der Waals surface area contributed by atoms with Gasteiger partial charge in [-0.15, -0.1) is 0 Å². The van der Waals surface area contributed by atoms with Gasteiger partial charge in [-0.1, -0.05) is 64.3 Å². The van der Waals surface area contributed by atoms with E-state index in [-0.39, 0.29) is 24.5 Å². The fourth-order valence-corrected chi connectivity index (χ4v) is 5.22. The zero-order valence-corrected chi connectivity index (χ0v) is 28.9. The Morgan fingerprint density at radius 3 is 2.20 bits per heavy atom. The molecule has 0 spiro atoms. The lowest BCUT2D eigenvalue weighted by Gasteiger charge is -2.38. The highest BCUT2D eigenvalue weighted by atomic mass is 16.6. The summed E-state index contributed by atoms with van der Waals surface area (Å²) in [4.78, 5) is 32.9. The van der Waals surface area contributed by atoms with Crippen LogP contribution in [0.5, 0.6) is 0 Å². The first-order chi connectivity index (χ1) is 21.3. The molecule has 12 heteroatoms. The Bertz CT molecular complexity index is 1080. The van der Waals surface area contributed by atoms with Crippen LogP contribution in [-0.4, -0.2) is 90.0 Å². The molecule has 0 saturated heterocycles. The van der Waals surface area contributed by atoms with E-state index >= 15 is 0 Å². The number of nitriles is 1. The molecule has 1 rings (SSSR count). The molecule has 6 N–H and O–H groups in total. The Morgan fingerprint density at radius 2 is 1.69 bits per heavy atom. The van der Waals surface area contributed by atoms with Gasteiger partial charge in [-0.2, -0.15) is 10.4 Å². The van der Waals surface area contributed by atoms with Gasteiger partial charge in [-0.25, -0.2) is 10.6 Å². The number of rotatable bonds is 19. The molecule has 254 valence electrons. The van der Waals surface area contributed by atoms with Crippen LogP contribution in [0.15, 0.2) is 29.4 Å². The van der Waals surface area contributed by atoms with Gasteiger partial charge in [0.25, 0.3) is 0 Å². The molecule has 0 aliphatic heterocycles. The van der Waals surface area contributed by atoms with Gasteiger partial charge >= 0.3 is 6.09 Å². The highest BCUT2D eigenvalue weighted by molar-refractivity contribution is 5.98. The van der Waals surface area contributed by atoms with Gasteiger partial charge in [-0.05, 0) is 66.1 Å². The van der Waals surface area contributed by atoms with E-state index in [2.05, 4.69) is 71.7 Å². The summed E-state index contributed by atoms with van der Waals surface area (Å²) in [6.07, 6.45) is 5.00. The normalized spacial score (nSPS) is 14.0. The van der Waals surface area contributed by atoms with Crippen LogP contribution in [0.4, 0.5) is 4.79 Å². The average Bonchev–Trinajstić information content (AvgIpc) is 3.00.